The zero-order valence-electron chi connectivity index (χ0n) is 16.6. The summed E-state index contributed by atoms with van der Waals surface area (Å²) >= 11 is 1.35. The van der Waals surface area contributed by atoms with Gasteiger partial charge >= 0.3 is 0 Å². The van der Waals surface area contributed by atoms with Gasteiger partial charge in [0.05, 0.1) is 24.1 Å². The molecule has 1 unspecified atom stereocenters. The van der Waals surface area contributed by atoms with Crippen molar-refractivity contribution in [2.45, 2.75) is 37.2 Å². The van der Waals surface area contributed by atoms with Crippen LogP contribution in [0.25, 0.3) is 11.4 Å². The molecule has 1 N–H and O–H groups in total. The van der Waals surface area contributed by atoms with Crippen LogP contribution < -0.4 is 10.1 Å². The summed E-state index contributed by atoms with van der Waals surface area (Å²) in [5.74, 6) is 1.97. The molecule has 0 aliphatic rings. The van der Waals surface area contributed by atoms with Crippen molar-refractivity contribution in [3.05, 3.63) is 36.5 Å². The highest BCUT2D eigenvalue weighted by Gasteiger charge is 2.21. The number of amides is 1. The van der Waals surface area contributed by atoms with Crippen LogP contribution in [0.5, 0.6) is 5.75 Å². The molecule has 8 nitrogen and oxygen atoms in total. The Hall–Kier alpha value is -2.81. The molecular formula is C19H24N6O2S. The molecule has 148 valence electrons. The Bertz CT molecular complexity index is 965. The minimum atomic E-state index is -0.357. The van der Waals surface area contributed by atoms with Gasteiger partial charge in [0.15, 0.2) is 11.0 Å². The van der Waals surface area contributed by atoms with Crippen LogP contribution in [0, 0.1) is 0 Å². The lowest BCUT2D eigenvalue weighted by Gasteiger charge is -2.14. The van der Waals surface area contributed by atoms with Gasteiger partial charge in [0.2, 0.25) is 5.91 Å². The summed E-state index contributed by atoms with van der Waals surface area (Å²) in [6.07, 6.45) is 1.68. The highest BCUT2D eigenvalue weighted by atomic mass is 32.2. The Labute approximate surface area is 168 Å². The number of benzene rings is 1. The van der Waals surface area contributed by atoms with Gasteiger partial charge in [0.25, 0.3) is 0 Å². The first kappa shape index (κ1) is 19.9. The van der Waals surface area contributed by atoms with E-state index in [0.717, 1.165) is 11.3 Å². The molecule has 0 aliphatic heterocycles. The molecule has 9 heteroatoms. The molecule has 1 atom stereocenters. The third kappa shape index (κ3) is 4.04. The summed E-state index contributed by atoms with van der Waals surface area (Å²) < 4.78 is 9.05. The highest BCUT2D eigenvalue weighted by molar-refractivity contribution is 8.00. The van der Waals surface area contributed by atoms with Crippen molar-refractivity contribution >= 4 is 23.5 Å². The molecule has 3 rings (SSSR count). The van der Waals surface area contributed by atoms with Gasteiger partial charge in [0.1, 0.15) is 11.6 Å². The first-order valence-electron chi connectivity index (χ1n) is 8.96. The number of carbonyl (C=O) groups is 1. The van der Waals surface area contributed by atoms with Crippen molar-refractivity contribution in [2.75, 3.05) is 12.4 Å². The van der Waals surface area contributed by atoms with Crippen LogP contribution in [0.4, 0.5) is 5.82 Å². The van der Waals surface area contributed by atoms with Crippen molar-refractivity contribution in [1.29, 1.82) is 0 Å². The maximum atomic E-state index is 12.6. The maximum absolute atomic E-state index is 12.6. The molecule has 0 saturated carbocycles. The topological polar surface area (TPSA) is 86.9 Å². The van der Waals surface area contributed by atoms with Gasteiger partial charge in [-0.3, -0.25) is 4.79 Å². The Kier molecular flexibility index (Phi) is 6.03. The van der Waals surface area contributed by atoms with Crippen molar-refractivity contribution in [1.82, 2.24) is 24.5 Å². The molecule has 0 bridgehead atoms. The fourth-order valence-corrected chi connectivity index (χ4v) is 3.56. The van der Waals surface area contributed by atoms with Crippen LogP contribution in [0.15, 0.2) is 41.7 Å². The molecule has 3 aromatic rings. The van der Waals surface area contributed by atoms with Crippen LogP contribution in [0.2, 0.25) is 0 Å². The number of methoxy groups -OCH3 is 1. The standard InChI is InChI=1S/C19H24N6O2S/c1-12(2)25-16(10-11-20-25)21-18(26)13(3)28-19-23-22-17(24(19)4)14-8-6-7-9-15(14)27-5/h6-13H,1-5H3,(H,21,26). The Morgan fingerprint density at radius 2 is 1.93 bits per heavy atom. The van der Waals surface area contributed by atoms with Gasteiger partial charge in [-0.15, -0.1) is 10.2 Å². The van der Waals surface area contributed by atoms with Gasteiger partial charge in [-0.2, -0.15) is 5.10 Å². The van der Waals surface area contributed by atoms with E-state index in [4.69, 9.17) is 4.74 Å². The van der Waals surface area contributed by atoms with Crippen molar-refractivity contribution in [2.24, 2.45) is 7.05 Å². The molecule has 1 amide bonds. The summed E-state index contributed by atoms with van der Waals surface area (Å²) in [5.41, 5.74) is 0.852. The molecule has 1 aromatic carbocycles. The lowest BCUT2D eigenvalue weighted by atomic mass is 10.2. The summed E-state index contributed by atoms with van der Waals surface area (Å²) in [7, 11) is 3.50. The zero-order chi connectivity index (χ0) is 20.3. The number of nitrogens with one attached hydrogen (secondary N) is 1. The first-order chi connectivity index (χ1) is 13.4. The molecule has 2 aromatic heterocycles. The third-order valence-electron chi connectivity index (χ3n) is 4.24. The van der Waals surface area contributed by atoms with Gasteiger partial charge in [-0.25, -0.2) is 4.68 Å². The van der Waals surface area contributed by atoms with E-state index in [-0.39, 0.29) is 17.2 Å². The van der Waals surface area contributed by atoms with Crippen molar-refractivity contribution in [3.63, 3.8) is 0 Å². The zero-order valence-corrected chi connectivity index (χ0v) is 17.4. The predicted molar refractivity (Wildman–Crippen MR) is 110 cm³/mol. The number of hydrogen-bond acceptors (Lipinski definition) is 6. The normalized spacial score (nSPS) is 12.2. The lowest BCUT2D eigenvalue weighted by Crippen LogP contribution is -2.25. The van der Waals surface area contributed by atoms with E-state index in [1.165, 1.54) is 11.8 Å². The van der Waals surface area contributed by atoms with Gasteiger partial charge in [-0.05, 0) is 32.9 Å². The Morgan fingerprint density at radius 3 is 2.64 bits per heavy atom. The number of rotatable bonds is 7. The van der Waals surface area contributed by atoms with Gasteiger partial charge in [-0.1, -0.05) is 23.9 Å². The molecular weight excluding hydrogens is 376 g/mol. The second-order valence-corrected chi connectivity index (χ2v) is 7.88. The number of nitrogens with zero attached hydrogens (tertiary/aromatic N) is 5. The van der Waals surface area contributed by atoms with Crippen molar-refractivity contribution in [3.8, 4) is 17.1 Å². The fraction of sp³-hybridized carbons (Fsp3) is 0.368. The molecule has 2 heterocycles. The Balaban J connectivity index is 1.74. The largest absolute Gasteiger partial charge is 0.496 e. The second kappa shape index (κ2) is 8.47. The minimum Gasteiger partial charge on any atom is -0.496 e. The minimum absolute atomic E-state index is 0.116. The monoisotopic (exact) mass is 400 g/mol. The van der Waals surface area contributed by atoms with Gasteiger partial charge < -0.3 is 14.6 Å². The SMILES string of the molecule is COc1ccccc1-c1nnc(SC(C)C(=O)Nc2ccnn2C(C)C)n1C. The molecule has 0 fully saturated rings. The van der Waals surface area contributed by atoms with E-state index in [9.17, 15) is 4.79 Å². The summed E-state index contributed by atoms with van der Waals surface area (Å²) in [6, 6.07) is 9.59. The van der Waals surface area contributed by atoms with Crippen LogP contribution >= 0.6 is 11.8 Å². The van der Waals surface area contributed by atoms with E-state index in [1.54, 1.807) is 24.1 Å². The number of hydrogen-bond donors (Lipinski definition) is 1. The maximum Gasteiger partial charge on any atom is 0.238 e. The Morgan fingerprint density at radius 1 is 1.18 bits per heavy atom. The smallest absolute Gasteiger partial charge is 0.238 e. The number of thioether (sulfide) groups is 1. The highest BCUT2D eigenvalue weighted by Crippen LogP contribution is 2.31. The fourth-order valence-electron chi connectivity index (χ4n) is 2.75. The first-order valence-corrected chi connectivity index (χ1v) is 9.84. The van der Waals surface area contributed by atoms with Crippen LogP contribution in [-0.2, 0) is 11.8 Å². The summed E-state index contributed by atoms with van der Waals surface area (Å²) in [4.78, 5) is 12.6. The third-order valence-corrected chi connectivity index (χ3v) is 5.38. The van der Waals surface area contributed by atoms with Crippen LogP contribution in [0.1, 0.15) is 26.8 Å². The molecule has 0 aliphatic carbocycles. The van der Waals surface area contributed by atoms with E-state index < -0.39 is 0 Å². The van der Waals surface area contributed by atoms with E-state index in [2.05, 4.69) is 20.6 Å². The number of para-hydroxylation sites is 1. The average molecular weight is 401 g/mol. The molecule has 0 radical (unpaired) electrons. The predicted octanol–water partition coefficient (Wildman–Crippen LogP) is 3.39. The number of aromatic nitrogens is 5. The molecule has 28 heavy (non-hydrogen) atoms. The number of ether oxygens (including phenoxy) is 1. The molecule has 0 saturated heterocycles. The quantitative estimate of drug-likeness (QED) is 0.612. The second-order valence-electron chi connectivity index (χ2n) is 6.57. The van der Waals surface area contributed by atoms with E-state index >= 15 is 0 Å². The van der Waals surface area contributed by atoms with Gasteiger partial charge in [0, 0.05) is 19.2 Å². The van der Waals surface area contributed by atoms with E-state index in [0.29, 0.717) is 16.8 Å². The van der Waals surface area contributed by atoms with Crippen LogP contribution in [-0.4, -0.2) is 42.8 Å². The number of anilines is 1. The summed E-state index contributed by atoms with van der Waals surface area (Å²) in [6.45, 7) is 5.87. The molecule has 0 spiro atoms. The van der Waals surface area contributed by atoms with E-state index in [1.807, 2.05) is 56.7 Å². The van der Waals surface area contributed by atoms with Crippen molar-refractivity contribution < 1.29 is 9.53 Å². The van der Waals surface area contributed by atoms with Crippen LogP contribution in [0.3, 0.4) is 0 Å². The summed E-state index contributed by atoms with van der Waals surface area (Å²) in [5, 5.41) is 16.0. The lowest BCUT2D eigenvalue weighted by molar-refractivity contribution is -0.115. The number of carbonyl (C=O) groups excluding carboxylic acids is 1. The average Bonchev–Trinajstić information content (AvgIpc) is 3.29.